The maximum absolute atomic E-state index is 12.5. The van der Waals surface area contributed by atoms with E-state index in [1.54, 1.807) is 12.1 Å². The Morgan fingerprint density at radius 1 is 1.23 bits per heavy atom. The van der Waals surface area contributed by atoms with Crippen molar-refractivity contribution in [2.24, 2.45) is 0 Å². The van der Waals surface area contributed by atoms with Crippen LogP contribution in [-0.4, -0.2) is 20.6 Å². The van der Waals surface area contributed by atoms with Crippen molar-refractivity contribution >= 4 is 11.6 Å². The molecule has 2 rings (SSSR count). The predicted molar refractivity (Wildman–Crippen MR) is 43.9 cm³/mol. The molecule has 0 radical (unpaired) electrons. The van der Waals surface area contributed by atoms with Crippen LogP contribution in [-0.2, 0) is 0 Å². The summed E-state index contributed by atoms with van der Waals surface area (Å²) in [7, 11) is 0. The van der Waals surface area contributed by atoms with Crippen LogP contribution in [0.1, 0.15) is 0 Å². The Kier molecular flexibility index (Phi) is 1.87. The first-order valence-electron chi connectivity index (χ1n) is 3.60. The first-order valence-corrected chi connectivity index (χ1v) is 3.60. The van der Waals surface area contributed by atoms with E-state index in [9.17, 15) is 4.39 Å². The summed E-state index contributed by atoms with van der Waals surface area (Å²) < 4.78 is 12.5. The average molecular weight is 179 g/mol. The zero-order valence-electron chi connectivity index (χ0n) is 6.53. The lowest BCUT2D eigenvalue weighted by molar-refractivity contribution is 0.628. The molecule has 0 unspecified atom stereocenters. The molecule has 0 saturated heterocycles. The van der Waals surface area contributed by atoms with Crippen LogP contribution in [0.25, 0.3) is 0 Å². The van der Waals surface area contributed by atoms with E-state index < -0.39 is 0 Å². The third kappa shape index (κ3) is 1.78. The second-order valence-electron chi connectivity index (χ2n) is 2.37. The molecule has 0 atom stereocenters. The lowest BCUT2D eigenvalue weighted by Gasteiger charge is -1.98. The molecule has 0 bridgehead atoms. The number of H-pyrrole nitrogens is 1. The largest absolute Gasteiger partial charge is 0.322 e. The van der Waals surface area contributed by atoms with Crippen LogP contribution in [0.4, 0.5) is 16.0 Å². The Bertz CT molecular complexity index is 368. The molecule has 6 heteroatoms. The summed E-state index contributed by atoms with van der Waals surface area (Å²) in [4.78, 5) is 0. The molecule has 2 N–H and O–H groups in total. The molecule has 13 heavy (non-hydrogen) atoms. The van der Waals surface area contributed by atoms with Crippen molar-refractivity contribution in [2.45, 2.75) is 0 Å². The van der Waals surface area contributed by atoms with Crippen molar-refractivity contribution < 1.29 is 4.39 Å². The smallest absolute Gasteiger partial charge is 0.267 e. The summed E-state index contributed by atoms with van der Waals surface area (Å²) in [5.74, 6) is 0.0743. The molecule has 0 fully saturated rings. The number of hydrogen-bond acceptors (Lipinski definition) is 4. The fraction of sp³-hybridized carbons (Fsp3) is 0. The van der Waals surface area contributed by atoms with Gasteiger partial charge in [-0.15, -0.1) is 5.10 Å². The Labute approximate surface area is 73.0 Å². The number of anilines is 2. The van der Waals surface area contributed by atoms with Gasteiger partial charge in [0.2, 0.25) is 0 Å². The van der Waals surface area contributed by atoms with E-state index in [4.69, 9.17) is 0 Å². The molecule has 1 aromatic carbocycles. The molecular formula is C7H6FN5. The van der Waals surface area contributed by atoms with Crippen molar-refractivity contribution in [3.63, 3.8) is 0 Å². The molecule has 1 heterocycles. The number of nitrogens with one attached hydrogen (secondary N) is 2. The van der Waals surface area contributed by atoms with E-state index in [1.807, 2.05) is 0 Å². The second-order valence-corrected chi connectivity index (χ2v) is 2.37. The molecule has 0 saturated carbocycles. The molecule has 66 valence electrons. The van der Waals surface area contributed by atoms with Crippen molar-refractivity contribution in [1.29, 1.82) is 0 Å². The fourth-order valence-electron chi connectivity index (χ4n) is 0.877. The van der Waals surface area contributed by atoms with E-state index in [-0.39, 0.29) is 5.82 Å². The van der Waals surface area contributed by atoms with Gasteiger partial charge >= 0.3 is 0 Å². The van der Waals surface area contributed by atoms with Crippen LogP contribution in [0.3, 0.4) is 0 Å². The quantitative estimate of drug-likeness (QED) is 0.723. The third-order valence-corrected chi connectivity index (χ3v) is 1.45. The topological polar surface area (TPSA) is 66.5 Å². The van der Waals surface area contributed by atoms with Gasteiger partial charge in [-0.05, 0) is 29.5 Å². The lowest BCUT2D eigenvalue weighted by Crippen LogP contribution is -1.92. The van der Waals surface area contributed by atoms with Gasteiger partial charge in [-0.1, -0.05) is 5.10 Å². The minimum atomic E-state index is -0.279. The molecule has 2 aromatic rings. The molecule has 5 nitrogen and oxygen atoms in total. The minimum absolute atomic E-state index is 0.279. The van der Waals surface area contributed by atoms with Crippen molar-refractivity contribution in [3.8, 4) is 0 Å². The van der Waals surface area contributed by atoms with Gasteiger partial charge in [0.15, 0.2) is 0 Å². The van der Waals surface area contributed by atoms with Crippen LogP contribution >= 0.6 is 0 Å². The zero-order chi connectivity index (χ0) is 9.10. The van der Waals surface area contributed by atoms with Crippen molar-refractivity contribution in [2.75, 3.05) is 5.32 Å². The number of tetrazole rings is 1. The molecule has 0 spiro atoms. The van der Waals surface area contributed by atoms with Crippen LogP contribution in [0, 0.1) is 5.82 Å². The highest BCUT2D eigenvalue weighted by Crippen LogP contribution is 2.11. The Balaban J connectivity index is 2.15. The number of aromatic nitrogens is 4. The SMILES string of the molecule is Fc1ccc(Nc2nn[nH]n2)cc1. The van der Waals surface area contributed by atoms with Crippen LogP contribution in [0.5, 0.6) is 0 Å². The number of hydrogen-bond donors (Lipinski definition) is 2. The summed E-state index contributed by atoms with van der Waals surface area (Å²) in [6.45, 7) is 0. The highest BCUT2D eigenvalue weighted by Gasteiger charge is 1.97. The predicted octanol–water partition coefficient (Wildman–Crippen LogP) is 1.08. The first kappa shape index (κ1) is 7.66. The van der Waals surface area contributed by atoms with Gasteiger partial charge in [0.05, 0.1) is 0 Å². The second kappa shape index (κ2) is 3.18. The summed E-state index contributed by atoms with van der Waals surface area (Å²) in [6.07, 6.45) is 0. The Hall–Kier alpha value is -1.98. The van der Waals surface area contributed by atoms with E-state index >= 15 is 0 Å². The summed E-state index contributed by atoms with van der Waals surface area (Å²) in [5.41, 5.74) is 0.711. The summed E-state index contributed by atoms with van der Waals surface area (Å²) in [5, 5.41) is 15.8. The summed E-state index contributed by atoms with van der Waals surface area (Å²) in [6, 6.07) is 5.88. The molecule has 0 aliphatic carbocycles. The zero-order valence-corrected chi connectivity index (χ0v) is 6.53. The van der Waals surface area contributed by atoms with Gasteiger partial charge in [-0.3, -0.25) is 0 Å². The number of halogens is 1. The average Bonchev–Trinajstić information content (AvgIpc) is 2.62. The van der Waals surface area contributed by atoms with Crippen LogP contribution in [0.15, 0.2) is 24.3 Å². The van der Waals surface area contributed by atoms with E-state index in [1.165, 1.54) is 12.1 Å². The maximum Gasteiger partial charge on any atom is 0.267 e. The summed E-state index contributed by atoms with van der Waals surface area (Å²) >= 11 is 0. The van der Waals surface area contributed by atoms with Crippen LogP contribution < -0.4 is 5.32 Å². The third-order valence-electron chi connectivity index (χ3n) is 1.45. The van der Waals surface area contributed by atoms with Crippen molar-refractivity contribution in [3.05, 3.63) is 30.1 Å². The maximum atomic E-state index is 12.5. The van der Waals surface area contributed by atoms with Gasteiger partial charge in [-0.2, -0.15) is 5.21 Å². The lowest BCUT2D eigenvalue weighted by atomic mass is 10.3. The number of rotatable bonds is 2. The van der Waals surface area contributed by atoms with E-state index in [0.29, 0.717) is 11.6 Å². The number of benzene rings is 1. The van der Waals surface area contributed by atoms with E-state index in [2.05, 4.69) is 25.9 Å². The van der Waals surface area contributed by atoms with Crippen molar-refractivity contribution in [1.82, 2.24) is 20.6 Å². The highest BCUT2D eigenvalue weighted by atomic mass is 19.1. The monoisotopic (exact) mass is 179 g/mol. The van der Waals surface area contributed by atoms with Crippen LogP contribution in [0.2, 0.25) is 0 Å². The van der Waals surface area contributed by atoms with Gasteiger partial charge in [0.1, 0.15) is 5.82 Å². The number of nitrogens with zero attached hydrogens (tertiary/aromatic N) is 3. The molecule has 1 aromatic heterocycles. The number of aromatic amines is 1. The first-order chi connectivity index (χ1) is 6.34. The normalized spacial score (nSPS) is 9.92. The van der Waals surface area contributed by atoms with Gasteiger partial charge < -0.3 is 5.32 Å². The standard InChI is InChI=1S/C7H6FN5/c8-5-1-3-6(4-2-5)9-7-10-12-13-11-7/h1-4H,(H2,9,10,11,12,13). The fourth-order valence-corrected chi connectivity index (χ4v) is 0.877. The Morgan fingerprint density at radius 2 is 2.00 bits per heavy atom. The highest BCUT2D eigenvalue weighted by molar-refractivity contribution is 5.51. The Morgan fingerprint density at radius 3 is 2.62 bits per heavy atom. The van der Waals surface area contributed by atoms with E-state index in [0.717, 1.165) is 0 Å². The van der Waals surface area contributed by atoms with Gasteiger partial charge in [0, 0.05) is 5.69 Å². The van der Waals surface area contributed by atoms with Gasteiger partial charge in [-0.25, -0.2) is 4.39 Å². The molecular weight excluding hydrogens is 173 g/mol. The molecule has 0 amide bonds. The molecule has 0 aliphatic heterocycles. The minimum Gasteiger partial charge on any atom is -0.322 e. The van der Waals surface area contributed by atoms with Gasteiger partial charge in [0.25, 0.3) is 5.95 Å². The molecule has 0 aliphatic rings.